The summed E-state index contributed by atoms with van der Waals surface area (Å²) in [5, 5.41) is 5.07. The first-order chi connectivity index (χ1) is 13.0. The van der Waals surface area contributed by atoms with Gasteiger partial charge in [-0.25, -0.2) is 4.79 Å². The Kier molecular flexibility index (Phi) is 7.18. The van der Waals surface area contributed by atoms with E-state index in [-0.39, 0.29) is 13.2 Å². The summed E-state index contributed by atoms with van der Waals surface area (Å²) >= 11 is 0. The van der Waals surface area contributed by atoms with Crippen molar-refractivity contribution in [3.63, 3.8) is 0 Å². The fourth-order valence-corrected chi connectivity index (χ4v) is 2.12. The molecule has 2 aromatic rings. The minimum absolute atomic E-state index is 0.215. The van der Waals surface area contributed by atoms with Crippen molar-refractivity contribution in [2.75, 3.05) is 32.7 Å². The summed E-state index contributed by atoms with van der Waals surface area (Å²) < 4.78 is 15.1. The second kappa shape index (κ2) is 9.81. The van der Waals surface area contributed by atoms with E-state index in [1.807, 2.05) is 0 Å². The van der Waals surface area contributed by atoms with Gasteiger partial charge in [-0.15, -0.1) is 0 Å². The molecule has 27 heavy (non-hydrogen) atoms. The van der Waals surface area contributed by atoms with E-state index in [0.717, 1.165) is 0 Å². The van der Waals surface area contributed by atoms with Gasteiger partial charge in [0.2, 0.25) is 5.91 Å². The number of rotatable bonds is 8. The maximum Gasteiger partial charge on any atom is 0.337 e. The SMILES string of the molecule is COC(=O)c1ccc(NC(=O)CNC(=O)COc2ccccc2OC)cc1. The molecule has 8 nitrogen and oxygen atoms in total. The quantitative estimate of drug-likeness (QED) is 0.683. The Bertz CT molecular complexity index is 804. The monoisotopic (exact) mass is 372 g/mol. The number of benzene rings is 2. The first-order valence-corrected chi connectivity index (χ1v) is 8.04. The van der Waals surface area contributed by atoms with Crippen LogP contribution in [0, 0.1) is 0 Å². The van der Waals surface area contributed by atoms with Crippen molar-refractivity contribution in [3.05, 3.63) is 54.1 Å². The highest BCUT2D eigenvalue weighted by molar-refractivity contribution is 5.95. The van der Waals surface area contributed by atoms with Gasteiger partial charge < -0.3 is 24.8 Å². The van der Waals surface area contributed by atoms with Crippen LogP contribution in [0.15, 0.2) is 48.5 Å². The van der Waals surface area contributed by atoms with E-state index in [9.17, 15) is 14.4 Å². The van der Waals surface area contributed by atoms with Crippen LogP contribution < -0.4 is 20.1 Å². The summed E-state index contributed by atoms with van der Waals surface area (Å²) in [6, 6.07) is 13.1. The third-order valence-electron chi connectivity index (χ3n) is 3.46. The van der Waals surface area contributed by atoms with Crippen molar-refractivity contribution < 1.29 is 28.6 Å². The lowest BCUT2D eigenvalue weighted by atomic mass is 10.2. The van der Waals surface area contributed by atoms with E-state index in [0.29, 0.717) is 22.7 Å². The molecule has 0 aliphatic heterocycles. The molecule has 0 unspecified atom stereocenters. The van der Waals surface area contributed by atoms with E-state index in [4.69, 9.17) is 9.47 Å². The normalized spacial score (nSPS) is 9.85. The first-order valence-electron chi connectivity index (χ1n) is 8.04. The van der Waals surface area contributed by atoms with Gasteiger partial charge in [-0.2, -0.15) is 0 Å². The Morgan fingerprint density at radius 1 is 0.889 bits per heavy atom. The summed E-state index contributed by atoms with van der Waals surface area (Å²) in [5.74, 6) is -0.373. The molecule has 0 aliphatic carbocycles. The van der Waals surface area contributed by atoms with Gasteiger partial charge in [0.05, 0.1) is 26.3 Å². The first kappa shape index (κ1) is 19.8. The van der Waals surface area contributed by atoms with Crippen molar-refractivity contribution in [1.29, 1.82) is 0 Å². The molecule has 0 atom stereocenters. The number of hydrogen-bond acceptors (Lipinski definition) is 6. The summed E-state index contributed by atoms with van der Waals surface area (Å²) in [7, 11) is 2.79. The zero-order valence-corrected chi connectivity index (χ0v) is 15.0. The van der Waals surface area contributed by atoms with Crippen molar-refractivity contribution in [1.82, 2.24) is 5.32 Å². The summed E-state index contributed by atoms with van der Waals surface area (Å²) in [4.78, 5) is 35.1. The molecule has 0 aliphatic rings. The molecular formula is C19H20N2O6. The van der Waals surface area contributed by atoms with Crippen molar-refractivity contribution >= 4 is 23.5 Å². The van der Waals surface area contributed by atoms with Gasteiger partial charge in [-0.05, 0) is 36.4 Å². The maximum absolute atomic E-state index is 11.9. The number of carbonyl (C=O) groups excluding carboxylic acids is 3. The molecule has 0 radical (unpaired) electrons. The van der Waals surface area contributed by atoms with Gasteiger partial charge in [0, 0.05) is 5.69 Å². The van der Waals surface area contributed by atoms with Crippen LogP contribution in [0.2, 0.25) is 0 Å². The van der Waals surface area contributed by atoms with Crippen LogP contribution in [0.5, 0.6) is 11.5 Å². The van der Waals surface area contributed by atoms with E-state index in [1.165, 1.54) is 26.4 Å². The van der Waals surface area contributed by atoms with E-state index < -0.39 is 17.8 Å². The highest BCUT2D eigenvalue weighted by Crippen LogP contribution is 2.25. The van der Waals surface area contributed by atoms with Gasteiger partial charge in [-0.1, -0.05) is 12.1 Å². The molecule has 0 aromatic heterocycles. The molecule has 2 aromatic carbocycles. The largest absolute Gasteiger partial charge is 0.493 e. The molecule has 2 amide bonds. The molecule has 0 heterocycles. The molecular weight excluding hydrogens is 352 g/mol. The number of methoxy groups -OCH3 is 2. The highest BCUT2D eigenvalue weighted by atomic mass is 16.5. The third kappa shape index (κ3) is 6.03. The number of para-hydroxylation sites is 2. The maximum atomic E-state index is 11.9. The molecule has 0 spiro atoms. The van der Waals surface area contributed by atoms with E-state index >= 15 is 0 Å². The van der Waals surface area contributed by atoms with E-state index in [1.54, 1.807) is 36.4 Å². The van der Waals surface area contributed by atoms with Crippen LogP contribution in [0.1, 0.15) is 10.4 Å². The van der Waals surface area contributed by atoms with Gasteiger partial charge in [0.1, 0.15) is 0 Å². The van der Waals surface area contributed by atoms with Gasteiger partial charge in [0.25, 0.3) is 5.91 Å². The van der Waals surface area contributed by atoms with Crippen molar-refractivity contribution in [3.8, 4) is 11.5 Å². The Labute approximate surface area is 156 Å². The van der Waals surface area contributed by atoms with Crippen molar-refractivity contribution in [2.45, 2.75) is 0 Å². The fraction of sp³-hybridized carbons (Fsp3) is 0.211. The summed E-state index contributed by atoms with van der Waals surface area (Å²) in [5.41, 5.74) is 0.865. The van der Waals surface area contributed by atoms with Crippen molar-refractivity contribution in [2.24, 2.45) is 0 Å². The lowest BCUT2D eigenvalue weighted by Crippen LogP contribution is -2.35. The number of ether oxygens (including phenoxy) is 3. The van der Waals surface area contributed by atoms with Crippen LogP contribution in [0.4, 0.5) is 5.69 Å². The Morgan fingerprint density at radius 3 is 2.19 bits per heavy atom. The van der Waals surface area contributed by atoms with Gasteiger partial charge in [-0.3, -0.25) is 9.59 Å². The Balaban J connectivity index is 1.76. The van der Waals surface area contributed by atoms with Crippen LogP contribution in [0.3, 0.4) is 0 Å². The average molecular weight is 372 g/mol. The molecule has 2 rings (SSSR count). The molecule has 8 heteroatoms. The summed E-state index contributed by atoms with van der Waals surface area (Å²) in [6.45, 7) is -0.464. The van der Waals surface area contributed by atoms with Gasteiger partial charge >= 0.3 is 5.97 Å². The number of esters is 1. The average Bonchev–Trinajstić information content (AvgIpc) is 2.70. The van der Waals surface area contributed by atoms with Crippen LogP contribution >= 0.6 is 0 Å². The molecule has 0 saturated heterocycles. The van der Waals surface area contributed by atoms with Crippen LogP contribution in [-0.4, -0.2) is 45.2 Å². The number of nitrogens with one attached hydrogen (secondary N) is 2. The van der Waals surface area contributed by atoms with Crippen LogP contribution in [0.25, 0.3) is 0 Å². The zero-order chi connectivity index (χ0) is 19.6. The van der Waals surface area contributed by atoms with E-state index in [2.05, 4.69) is 15.4 Å². The third-order valence-corrected chi connectivity index (χ3v) is 3.46. The molecule has 0 bridgehead atoms. The van der Waals surface area contributed by atoms with Crippen LogP contribution in [-0.2, 0) is 14.3 Å². The number of amides is 2. The lowest BCUT2D eigenvalue weighted by Gasteiger charge is -2.10. The number of anilines is 1. The molecule has 142 valence electrons. The summed E-state index contributed by atoms with van der Waals surface area (Å²) in [6.07, 6.45) is 0. The minimum atomic E-state index is -0.463. The molecule has 0 fully saturated rings. The number of carbonyl (C=O) groups is 3. The Morgan fingerprint density at radius 2 is 1.56 bits per heavy atom. The standard InChI is InChI=1S/C19H20N2O6/c1-25-15-5-3-4-6-16(15)27-12-18(23)20-11-17(22)21-14-9-7-13(8-10-14)19(24)26-2/h3-10H,11-12H2,1-2H3,(H,20,23)(H,21,22). The second-order valence-corrected chi connectivity index (χ2v) is 5.33. The second-order valence-electron chi connectivity index (χ2n) is 5.33. The minimum Gasteiger partial charge on any atom is -0.493 e. The topological polar surface area (TPSA) is 103 Å². The Hall–Kier alpha value is -3.55. The lowest BCUT2D eigenvalue weighted by molar-refractivity contribution is -0.125. The fourth-order valence-electron chi connectivity index (χ4n) is 2.12. The predicted octanol–water partition coefficient (Wildman–Crippen LogP) is 1.62. The zero-order valence-electron chi connectivity index (χ0n) is 15.0. The predicted molar refractivity (Wildman–Crippen MR) is 97.9 cm³/mol. The van der Waals surface area contributed by atoms with Gasteiger partial charge in [0.15, 0.2) is 18.1 Å². The number of hydrogen-bond donors (Lipinski definition) is 2. The molecule has 0 saturated carbocycles. The molecule has 2 N–H and O–H groups in total. The highest BCUT2D eigenvalue weighted by Gasteiger charge is 2.10. The smallest absolute Gasteiger partial charge is 0.337 e.